The van der Waals surface area contributed by atoms with Crippen LogP contribution in [0.5, 0.6) is 0 Å². The van der Waals surface area contributed by atoms with Crippen LogP contribution < -0.4 is 5.32 Å². The number of carbonyl (C=O) groups is 1. The van der Waals surface area contributed by atoms with Crippen LogP contribution in [0.3, 0.4) is 0 Å². The van der Waals surface area contributed by atoms with Crippen molar-refractivity contribution in [1.82, 2.24) is 5.32 Å². The van der Waals surface area contributed by atoms with Gasteiger partial charge in [-0.15, -0.1) is 0 Å². The summed E-state index contributed by atoms with van der Waals surface area (Å²) in [6.45, 7) is 2.05. The minimum Gasteiger partial charge on any atom is -0.396 e. The van der Waals surface area contributed by atoms with E-state index in [0.717, 1.165) is 12.8 Å². The average molecular weight is 215 g/mol. The highest BCUT2D eigenvalue weighted by atomic mass is 16.3. The molecule has 15 heavy (non-hydrogen) atoms. The summed E-state index contributed by atoms with van der Waals surface area (Å²) in [6.07, 6.45) is 3.28. The van der Waals surface area contributed by atoms with Crippen LogP contribution >= 0.6 is 0 Å². The second-order valence-corrected chi connectivity index (χ2v) is 4.35. The predicted molar refractivity (Wildman–Crippen MR) is 57.3 cm³/mol. The van der Waals surface area contributed by atoms with Crippen molar-refractivity contribution < 1.29 is 15.0 Å². The number of rotatable bonds is 5. The highest BCUT2D eigenvalue weighted by Gasteiger charge is 2.32. The Kier molecular flexibility index (Phi) is 5.05. The number of carbonyl (C=O) groups excluding carboxylic acids is 1. The zero-order valence-corrected chi connectivity index (χ0v) is 9.28. The smallest absolute Gasteiger partial charge is 0.220 e. The summed E-state index contributed by atoms with van der Waals surface area (Å²) in [5.74, 6) is -0.00545. The summed E-state index contributed by atoms with van der Waals surface area (Å²) >= 11 is 0. The van der Waals surface area contributed by atoms with Crippen molar-refractivity contribution in [3.8, 4) is 0 Å². The molecule has 4 nitrogen and oxygen atoms in total. The Bertz CT molecular complexity index is 208. The molecule has 3 N–H and O–H groups in total. The Balaban J connectivity index is 2.25. The van der Waals surface area contributed by atoms with E-state index in [1.807, 2.05) is 6.92 Å². The van der Waals surface area contributed by atoms with Crippen LogP contribution in [0, 0.1) is 5.92 Å². The van der Waals surface area contributed by atoms with Crippen molar-refractivity contribution in [1.29, 1.82) is 0 Å². The van der Waals surface area contributed by atoms with E-state index < -0.39 is 6.10 Å². The lowest BCUT2D eigenvalue weighted by Gasteiger charge is -2.11. The number of hydrogen-bond acceptors (Lipinski definition) is 3. The van der Waals surface area contributed by atoms with Crippen molar-refractivity contribution in [3.63, 3.8) is 0 Å². The van der Waals surface area contributed by atoms with Crippen LogP contribution in [0.2, 0.25) is 0 Å². The molecule has 0 heterocycles. The number of aliphatic hydroxyl groups is 2. The van der Waals surface area contributed by atoms with Crippen molar-refractivity contribution in [2.24, 2.45) is 5.92 Å². The van der Waals surface area contributed by atoms with Gasteiger partial charge in [0.05, 0.1) is 6.10 Å². The van der Waals surface area contributed by atoms with Crippen molar-refractivity contribution in [2.75, 3.05) is 6.61 Å². The lowest BCUT2D eigenvalue weighted by molar-refractivity contribution is -0.121. The van der Waals surface area contributed by atoms with Crippen molar-refractivity contribution in [3.05, 3.63) is 0 Å². The number of aliphatic hydroxyl groups excluding tert-OH is 2. The maximum atomic E-state index is 11.4. The molecule has 0 aliphatic heterocycles. The largest absolute Gasteiger partial charge is 0.396 e. The van der Waals surface area contributed by atoms with Crippen molar-refractivity contribution >= 4 is 5.91 Å². The molecule has 1 fully saturated rings. The molecule has 1 amide bonds. The van der Waals surface area contributed by atoms with E-state index in [1.54, 1.807) is 0 Å². The molecule has 1 aliphatic rings. The molecule has 4 heteroatoms. The Labute approximate surface area is 90.7 Å². The monoisotopic (exact) mass is 215 g/mol. The molecule has 0 bridgehead atoms. The van der Waals surface area contributed by atoms with Gasteiger partial charge in [-0.05, 0) is 19.3 Å². The van der Waals surface area contributed by atoms with Crippen LogP contribution in [0.25, 0.3) is 0 Å². The maximum absolute atomic E-state index is 11.4. The highest BCUT2D eigenvalue weighted by Crippen LogP contribution is 2.25. The van der Waals surface area contributed by atoms with Gasteiger partial charge in [0.2, 0.25) is 5.91 Å². The summed E-state index contributed by atoms with van der Waals surface area (Å²) in [4.78, 5) is 11.4. The zero-order chi connectivity index (χ0) is 11.3. The van der Waals surface area contributed by atoms with Gasteiger partial charge in [-0.25, -0.2) is 0 Å². The Morgan fingerprint density at radius 3 is 2.73 bits per heavy atom. The van der Waals surface area contributed by atoms with Gasteiger partial charge in [-0.3, -0.25) is 4.79 Å². The molecule has 0 unspecified atom stereocenters. The van der Waals surface area contributed by atoms with E-state index >= 15 is 0 Å². The average Bonchev–Trinajstić information content (AvgIpc) is 2.55. The van der Waals surface area contributed by atoms with Crippen LogP contribution in [0.1, 0.15) is 39.0 Å². The molecular weight excluding hydrogens is 194 g/mol. The second kappa shape index (κ2) is 6.08. The molecular formula is C11H21NO3. The third-order valence-corrected chi connectivity index (χ3v) is 3.01. The topological polar surface area (TPSA) is 69.6 Å². The first-order valence-corrected chi connectivity index (χ1v) is 5.75. The fourth-order valence-electron chi connectivity index (χ4n) is 2.05. The molecule has 0 aromatic heterocycles. The summed E-state index contributed by atoms with van der Waals surface area (Å²) < 4.78 is 0. The lowest BCUT2D eigenvalue weighted by atomic mass is 10.1. The third kappa shape index (κ3) is 3.80. The first-order chi connectivity index (χ1) is 7.17. The van der Waals surface area contributed by atoms with E-state index in [1.165, 1.54) is 0 Å². The molecule has 1 aliphatic carbocycles. The van der Waals surface area contributed by atoms with Gasteiger partial charge < -0.3 is 15.5 Å². The van der Waals surface area contributed by atoms with E-state index in [0.29, 0.717) is 19.3 Å². The molecule has 3 atom stereocenters. The van der Waals surface area contributed by atoms with E-state index in [2.05, 4.69) is 5.32 Å². The molecule has 1 saturated carbocycles. The van der Waals surface area contributed by atoms with Crippen LogP contribution in [0.4, 0.5) is 0 Å². The quantitative estimate of drug-likeness (QED) is 0.622. The van der Waals surface area contributed by atoms with Crippen molar-refractivity contribution in [2.45, 2.75) is 51.2 Å². The van der Waals surface area contributed by atoms with Crippen LogP contribution in [0.15, 0.2) is 0 Å². The zero-order valence-electron chi connectivity index (χ0n) is 9.28. The molecule has 0 radical (unpaired) electrons. The third-order valence-electron chi connectivity index (χ3n) is 3.01. The first-order valence-electron chi connectivity index (χ1n) is 5.75. The lowest BCUT2D eigenvalue weighted by Crippen LogP contribution is -2.33. The Morgan fingerprint density at radius 1 is 1.47 bits per heavy atom. The van der Waals surface area contributed by atoms with Crippen LogP contribution in [-0.2, 0) is 4.79 Å². The van der Waals surface area contributed by atoms with Gasteiger partial charge in [0.1, 0.15) is 0 Å². The minimum atomic E-state index is -0.466. The van der Waals surface area contributed by atoms with Gasteiger partial charge in [0.15, 0.2) is 0 Å². The summed E-state index contributed by atoms with van der Waals surface area (Å²) in [6, 6.07) is 0.0431. The number of amides is 1. The van der Waals surface area contributed by atoms with Gasteiger partial charge >= 0.3 is 0 Å². The fourth-order valence-corrected chi connectivity index (χ4v) is 2.05. The van der Waals surface area contributed by atoms with E-state index in [9.17, 15) is 9.90 Å². The maximum Gasteiger partial charge on any atom is 0.220 e. The Hall–Kier alpha value is -0.610. The highest BCUT2D eigenvalue weighted by molar-refractivity contribution is 5.76. The predicted octanol–water partition coefficient (Wildman–Crippen LogP) is 0.425. The van der Waals surface area contributed by atoms with E-state index in [-0.39, 0.29) is 24.5 Å². The van der Waals surface area contributed by atoms with Gasteiger partial charge in [0, 0.05) is 25.0 Å². The SMILES string of the molecule is CCCCC(=O)N[C@@H]1C[C@@H](CO)[C@H](O)C1. The number of nitrogens with one attached hydrogen (secondary N) is 1. The van der Waals surface area contributed by atoms with Gasteiger partial charge in [-0.1, -0.05) is 13.3 Å². The molecule has 1 rings (SSSR count). The molecule has 0 aromatic rings. The first kappa shape index (κ1) is 12.5. The Morgan fingerprint density at radius 2 is 2.20 bits per heavy atom. The minimum absolute atomic E-state index is 0.00248. The van der Waals surface area contributed by atoms with Gasteiger partial charge in [0.25, 0.3) is 0 Å². The van der Waals surface area contributed by atoms with Crippen LogP contribution in [-0.4, -0.2) is 34.9 Å². The summed E-state index contributed by atoms with van der Waals surface area (Å²) in [5, 5.41) is 21.4. The van der Waals surface area contributed by atoms with E-state index in [4.69, 9.17) is 5.11 Å². The van der Waals surface area contributed by atoms with Gasteiger partial charge in [-0.2, -0.15) is 0 Å². The number of unbranched alkanes of at least 4 members (excludes halogenated alkanes) is 1. The standard InChI is InChI=1S/C11H21NO3/c1-2-3-4-11(15)12-9-5-8(7-13)10(14)6-9/h8-10,13-14H,2-7H2,1H3,(H,12,15)/t8-,9+,10+/m0/s1. The normalized spacial score (nSPS) is 30.5. The molecule has 0 aromatic carbocycles. The summed E-state index contributed by atoms with van der Waals surface area (Å²) in [5.41, 5.74) is 0. The molecule has 0 spiro atoms. The summed E-state index contributed by atoms with van der Waals surface area (Å²) in [7, 11) is 0. The number of hydrogen-bond donors (Lipinski definition) is 3. The molecule has 0 saturated heterocycles. The fraction of sp³-hybridized carbons (Fsp3) is 0.909. The molecule has 88 valence electrons. The second-order valence-electron chi connectivity index (χ2n) is 4.35.